The molecular formula is C21H13NaO7. The van der Waals surface area contributed by atoms with Gasteiger partial charge in [-0.05, 0) is 54.1 Å². The fraction of sp³-hybridized carbons (Fsp3) is 0.0952. The molecule has 0 saturated carbocycles. The standard InChI is InChI=1S/C21H14O7.Na/c22-20(23)6-3-14-9-15(12-1-4-16-18(7-12)26-10-24-16)21(28-14)13-2-5-17-19(8-13)27-11-25-17;/h1-9H,10-11H2,(H,22,23);/q;+1/p-1/b6-3+;. The van der Waals surface area contributed by atoms with Crippen molar-refractivity contribution in [3.8, 4) is 45.4 Å². The van der Waals surface area contributed by atoms with Gasteiger partial charge in [0, 0.05) is 11.1 Å². The molecular weight excluding hydrogens is 387 g/mol. The first-order chi connectivity index (χ1) is 13.7. The van der Waals surface area contributed by atoms with Crippen molar-refractivity contribution in [2.75, 3.05) is 13.6 Å². The Balaban J connectivity index is 0.00000205. The summed E-state index contributed by atoms with van der Waals surface area (Å²) in [7, 11) is 0. The van der Waals surface area contributed by atoms with Gasteiger partial charge in [0.05, 0.1) is 5.97 Å². The van der Waals surface area contributed by atoms with Gasteiger partial charge in [-0.2, -0.15) is 0 Å². The topological polar surface area (TPSA) is 90.2 Å². The molecule has 2 aromatic carbocycles. The molecule has 7 nitrogen and oxygen atoms in total. The molecule has 3 aromatic rings. The number of furan rings is 1. The predicted octanol–water partition coefficient (Wildman–Crippen LogP) is -0.162. The minimum absolute atomic E-state index is 0. The fourth-order valence-corrected chi connectivity index (χ4v) is 3.17. The van der Waals surface area contributed by atoms with Crippen molar-refractivity contribution in [2.24, 2.45) is 0 Å². The molecule has 3 heterocycles. The van der Waals surface area contributed by atoms with Crippen LogP contribution in [0, 0.1) is 0 Å². The van der Waals surface area contributed by atoms with Crippen LogP contribution >= 0.6 is 0 Å². The minimum Gasteiger partial charge on any atom is -0.545 e. The third-order valence-electron chi connectivity index (χ3n) is 4.45. The van der Waals surface area contributed by atoms with Crippen LogP contribution in [0.1, 0.15) is 5.76 Å². The van der Waals surface area contributed by atoms with Gasteiger partial charge >= 0.3 is 29.6 Å². The maximum atomic E-state index is 10.8. The number of benzene rings is 2. The Morgan fingerprint density at radius 2 is 1.41 bits per heavy atom. The zero-order chi connectivity index (χ0) is 19.1. The first kappa shape index (κ1) is 19.4. The summed E-state index contributed by atoms with van der Waals surface area (Å²) in [5.41, 5.74) is 2.38. The number of aliphatic carboxylic acids is 1. The van der Waals surface area contributed by atoms with Crippen LogP contribution in [-0.2, 0) is 4.79 Å². The number of rotatable bonds is 4. The van der Waals surface area contributed by atoms with Gasteiger partial charge in [0.15, 0.2) is 23.0 Å². The zero-order valence-electron chi connectivity index (χ0n) is 15.5. The van der Waals surface area contributed by atoms with E-state index >= 15 is 0 Å². The Morgan fingerprint density at radius 3 is 2.07 bits per heavy atom. The van der Waals surface area contributed by atoms with Crippen molar-refractivity contribution in [1.82, 2.24) is 0 Å². The molecule has 1 aromatic heterocycles. The van der Waals surface area contributed by atoms with Gasteiger partial charge in [-0.15, -0.1) is 0 Å². The van der Waals surface area contributed by atoms with Crippen LogP contribution < -0.4 is 53.6 Å². The van der Waals surface area contributed by atoms with E-state index in [2.05, 4.69) is 0 Å². The van der Waals surface area contributed by atoms with E-state index < -0.39 is 5.97 Å². The second-order valence-electron chi connectivity index (χ2n) is 6.18. The molecule has 8 heteroatoms. The number of carbonyl (C=O) groups is 1. The van der Waals surface area contributed by atoms with E-state index in [-0.39, 0.29) is 43.1 Å². The molecule has 0 saturated heterocycles. The normalized spacial score (nSPS) is 13.5. The zero-order valence-corrected chi connectivity index (χ0v) is 17.5. The number of ether oxygens (including phenoxy) is 4. The van der Waals surface area contributed by atoms with Gasteiger partial charge in [-0.25, -0.2) is 0 Å². The van der Waals surface area contributed by atoms with Crippen molar-refractivity contribution >= 4 is 12.0 Å². The van der Waals surface area contributed by atoms with Crippen LogP contribution in [0.2, 0.25) is 0 Å². The molecule has 0 spiro atoms. The van der Waals surface area contributed by atoms with E-state index in [4.69, 9.17) is 23.4 Å². The Bertz CT molecular complexity index is 1040. The average Bonchev–Trinajstić information content (AvgIpc) is 3.43. The van der Waals surface area contributed by atoms with E-state index in [1.165, 1.54) is 6.08 Å². The number of fused-ring (bicyclic) bond motifs is 2. The van der Waals surface area contributed by atoms with E-state index in [0.29, 0.717) is 34.5 Å². The Morgan fingerprint density at radius 1 is 0.828 bits per heavy atom. The molecule has 0 fully saturated rings. The third kappa shape index (κ3) is 3.72. The minimum atomic E-state index is -1.30. The van der Waals surface area contributed by atoms with E-state index in [0.717, 1.165) is 22.8 Å². The molecule has 140 valence electrons. The average molecular weight is 400 g/mol. The fourth-order valence-electron chi connectivity index (χ4n) is 3.17. The maximum Gasteiger partial charge on any atom is 1.00 e. The number of hydrogen-bond donors (Lipinski definition) is 0. The summed E-state index contributed by atoms with van der Waals surface area (Å²) in [6.07, 6.45) is 2.27. The van der Waals surface area contributed by atoms with Gasteiger partial charge in [0.2, 0.25) is 13.6 Å². The molecule has 0 atom stereocenters. The molecule has 0 unspecified atom stereocenters. The van der Waals surface area contributed by atoms with Crippen molar-refractivity contribution in [1.29, 1.82) is 0 Å². The maximum absolute atomic E-state index is 10.8. The summed E-state index contributed by atoms with van der Waals surface area (Å²) in [5, 5.41) is 10.8. The van der Waals surface area contributed by atoms with Crippen LogP contribution in [0.4, 0.5) is 0 Å². The van der Waals surface area contributed by atoms with Crippen LogP contribution in [0.5, 0.6) is 23.0 Å². The molecule has 2 aliphatic heterocycles. The Kier molecular flexibility index (Phi) is 5.27. The summed E-state index contributed by atoms with van der Waals surface area (Å²) in [5.74, 6) is 2.25. The molecule has 5 rings (SSSR count). The van der Waals surface area contributed by atoms with E-state index in [1.54, 1.807) is 12.1 Å². The molecule has 2 aliphatic rings. The predicted molar refractivity (Wildman–Crippen MR) is 95.9 cm³/mol. The molecule has 0 bridgehead atoms. The van der Waals surface area contributed by atoms with Crippen LogP contribution in [-0.4, -0.2) is 19.6 Å². The van der Waals surface area contributed by atoms with Gasteiger partial charge in [0.1, 0.15) is 11.5 Å². The van der Waals surface area contributed by atoms with Crippen LogP contribution in [0.25, 0.3) is 28.5 Å². The van der Waals surface area contributed by atoms with E-state index in [9.17, 15) is 9.90 Å². The molecule has 29 heavy (non-hydrogen) atoms. The van der Waals surface area contributed by atoms with Crippen molar-refractivity contribution in [3.63, 3.8) is 0 Å². The van der Waals surface area contributed by atoms with Crippen molar-refractivity contribution in [2.45, 2.75) is 0 Å². The first-order valence-electron chi connectivity index (χ1n) is 8.50. The van der Waals surface area contributed by atoms with Crippen LogP contribution in [0.3, 0.4) is 0 Å². The SMILES string of the molecule is O=C([O-])/C=C/c1cc(-c2ccc3c(c2)OCO3)c(-c2ccc3c(c2)OCO3)o1.[Na+]. The largest absolute Gasteiger partial charge is 1.00 e. The molecule has 0 amide bonds. The number of hydrogen-bond acceptors (Lipinski definition) is 7. The first-order valence-corrected chi connectivity index (χ1v) is 8.50. The van der Waals surface area contributed by atoms with Gasteiger partial charge in [-0.1, -0.05) is 6.07 Å². The van der Waals surface area contributed by atoms with Gasteiger partial charge < -0.3 is 33.3 Å². The molecule has 0 aliphatic carbocycles. The number of carboxylic acid groups (broad SMARTS) is 1. The Labute approximate surface area is 187 Å². The smallest absolute Gasteiger partial charge is 0.545 e. The second kappa shape index (κ2) is 7.87. The van der Waals surface area contributed by atoms with Gasteiger partial charge in [-0.3, -0.25) is 0 Å². The molecule has 0 radical (unpaired) electrons. The number of carboxylic acids is 1. The quantitative estimate of drug-likeness (QED) is 0.444. The summed E-state index contributed by atoms with van der Waals surface area (Å²) in [6.45, 7) is 0.352. The second-order valence-corrected chi connectivity index (χ2v) is 6.18. The van der Waals surface area contributed by atoms with E-state index in [1.807, 2.05) is 30.3 Å². The third-order valence-corrected chi connectivity index (χ3v) is 4.45. The summed E-state index contributed by atoms with van der Waals surface area (Å²) < 4.78 is 27.6. The van der Waals surface area contributed by atoms with Crippen LogP contribution in [0.15, 0.2) is 53.0 Å². The number of carbonyl (C=O) groups excluding carboxylic acids is 1. The summed E-state index contributed by atoms with van der Waals surface area (Å²) >= 11 is 0. The summed E-state index contributed by atoms with van der Waals surface area (Å²) in [4.78, 5) is 10.8. The molecule has 0 N–H and O–H groups in total. The Hall–Kier alpha value is -2.87. The summed E-state index contributed by atoms with van der Waals surface area (Å²) in [6, 6.07) is 12.8. The van der Waals surface area contributed by atoms with Gasteiger partial charge in [0.25, 0.3) is 0 Å². The van der Waals surface area contributed by atoms with Crippen molar-refractivity contribution < 1.29 is 62.8 Å². The monoisotopic (exact) mass is 400 g/mol. The van der Waals surface area contributed by atoms with Crippen molar-refractivity contribution in [3.05, 3.63) is 54.3 Å².